The Hall–Kier alpha value is -1.00. The highest BCUT2D eigenvalue weighted by Crippen LogP contribution is 2.09. The fourth-order valence-electron chi connectivity index (χ4n) is 1.58. The quantitative estimate of drug-likeness (QED) is 0.720. The molecule has 0 saturated carbocycles. The van der Waals surface area contributed by atoms with E-state index in [2.05, 4.69) is 19.2 Å². The fraction of sp³-hybridized carbons (Fsp3) is 0.533. The van der Waals surface area contributed by atoms with Crippen molar-refractivity contribution in [1.82, 2.24) is 5.32 Å². The zero-order valence-corrected chi connectivity index (χ0v) is 12.6. The van der Waals surface area contributed by atoms with Crippen LogP contribution in [-0.2, 0) is 4.79 Å². The monoisotopic (exact) mass is 280 g/mol. The van der Waals surface area contributed by atoms with Crippen LogP contribution in [0.4, 0.5) is 0 Å². The van der Waals surface area contributed by atoms with Crippen LogP contribution in [0.3, 0.4) is 0 Å². The maximum absolute atomic E-state index is 11.6. The summed E-state index contributed by atoms with van der Waals surface area (Å²) in [5.74, 6) is 2.33. The Morgan fingerprint density at radius 3 is 2.63 bits per heavy atom. The molecule has 3 nitrogen and oxygen atoms in total. The van der Waals surface area contributed by atoms with Crippen molar-refractivity contribution >= 4 is 17.7 Å². The third kappa shape index (κ3) is 7.23. The molecule has 106 valence electrons. The van der Waals surface area contributed by atoms with Gasteiger partial charge < -0.3 is 11.1 Å². The van der Waals surface area contributed by atoms with Gasteiger partial charge in [0.05, 0.1) is 5.75 Å². The number of nitrogens with two attached hydrogens (primary N) is 1. The van der Waals surface area contributed by atoms with Crippen LogP contribution in [0, 0.1) is 5.92 Å². The summed E-state index contributed by atoms with van der Waals surface area (Å²) in [7, 11) is 0. The second-order valence-electron chi connectivity index (χ2n) is 5.06. The molecule has 0 aliphatic rings. The highest BCUT2D eigenvalue weighted by Gasteiger charge is 2.07. The summed E-state index contributed by atoms with van der Waals surface area (Å²) < 4.78 is 0. The van der Waals surface area contributed by atoms with Crippen molar-refractivity contribution in [2.24, 2.45) is 11.7 Å². The summed E-state index contributed by atoms with van der Waals surface area (Å²) in [5, 5.41) is 2.88. The van der Waals surface area contributed by atoms with Crippen molar-refractivity contribution in [3.63, 3.8) is 0 Å². The van der Waals surface area contributed by atoms with Crippen LogP contribution in [0.2, 0.25) is 0 Å². The Kier molecular flexibility index (Phi) is 7.60. The molecule has 0 aromatic heterocycles. The number of hydrogen-bond acceptors (Lipinski definition) is 3. The van der Waals surface area contributed by atoms with Crippen molar-refractivity contribution in [1.29, 1.82) is 0 Å². The maximum atomic E-state index is 11.6. The van der Waals surface area contributed by atoms with Crippen LogP contribution in [0.1, 0.15) is 31.9 Å². The minimum atomic E-state index is -0.134. The summed E-state index contributed by atoms with van der Waals surface area (Å²) in [4.78, 5) is 11.6. The van der Waals surface area contributed by atoms with Gasteiger partial charge in [-0.2, -0.15) is 11.8 Å². The van der Waals surface area contributed by atoms with Gasteiger partial charge in [0.25, 0.3) is 0 Å². The normalized spacial score (nSPS) is 12.4. The smallest absolute Gasteiger partial charge is 0.230 e. The predicted molar refractivity (Wildman–Crippen MR) is 83.2 cm³/mol. The first-order valence-corrected chi connectivity index (χ1v) is 7.90. The minimum Gasteiger partial charge on any atom is -0.353 e. The summed E-state index contributed by atoms with van der Waals surface area (Å²) in [6.45, 7) is 4.88. The van der Waals surface area contributed by atoms with E-state index in [1.807, 2.05) is 30.3 Å². The Bertz CT molecular complexity index is 368. The van der Waals surface area contributed by atoms with Crippen LogP contribution in [0.5, 0.6) is 0 Å². The van der Waals surface area contributed by atoms with Crippen LogP contribution >= 0.6 is 11.8 Å². The van der Waals surface area contributed by atoms with E-state index in [9.17, 15) is 4.79 Å². The summed E-state index contributed by atoms with van der Waals surface area (Å²) in [6, 6.07) is 9.70. The number of rotatable bonds is 8. The van der Waals surface area contributed by atoms with E-state index < -0.39 is 0 Å². The molecular formula is C15H24N2OS. The summed E-state index contributed by atoms with van der Waals surface area (Å²) >= 11 is 1.68. The van der Waals surface area contributed by atoms with Gasteiger partial charge in [0.1, 0.15) is 0 Å². The molecule has 0 saturated heterocycles. The van der Waals surface area contributed by atoms with Gasteiger partial charge in [0.2, 0.25) is 5.91 Å². The molecule has 0 aliphatic heterocycles. The van der Waals surface area contributed by atoms with E-state index in [1.54, 1.807) is 11.8 Å². The highest BCUT2D eigenvalue weighted by molar-refractivity contribution is 7.99. The van der Waals surface area contributed by atoms with Crippen molar-refractivity contribution in [3.05, 3.63) is 35.9 Å². The molecule has 0 radical (unpaired) electrons. The average molecular weight is 280 g/mol. The van der Waals surface area contributed by atoms with Crippen molar-refractivity contribution in [2.45, 2.75) is 26.3 Å². The predicted octanol–water partition coefficient (Wildman–Crippen LogP) is 2.58. The molecule has 0 heterocycles. The third-order valence-corrected chi connectivity index (χ3v) is 3.81. The average Bonchev–Trinajstić information content (AvgIpc) is 2.41. The number of carbonyl (C=O) groups is 1. The molecule has 1 unspecified atom stereocenters. The van der Waals surface area contributed by atoms with Gasteiger partial charge in [-0.1, -0.05) is 44.2 Å². The van der Waals surface area contributed by atoms with Gasteiger partial charge in [0.15, 0.2) is 0 Å². The lowest BCUT2D eigenvalue weighted by Crippen LogP contribution is -2.33. The number of amides is 1. The van der Waals surface area contributed by atoms with E-state index in [-0.39, 0.29) is 11.9 Å². The molecule has 0 bridgehead atoms. The molecule has 1 aromatic rings. The molecule has 0 fully saturated rings. The van der Waals surface area contributed by atoms with Crippen molar-refractivity contribution in [2.75, 3.05) is 18.1 Å². The molecule has 1 rings (SSSR count). The molecule has 0 spiro atoms. The molecule has 3 N–H and O–H groups in total. The van der Waals surface area contributed by atoms with Gasteiger partial charge in [-0.15, -0.1) is 0 Å². The van der Waals surface area contributed by atoms with E-state index in [0.717, 1.165) is 17.7 Å². The van der Waals surface area contributed by atoms with Crippen LogP contribution in [0.15, 0.2) is 30.3 Å². The highest BCUT2D eigenvalue weighted by atomic mass is 32.2. The zero-order chi connectivity index (χ0) is 14.1. The molecule has 1 aromatic carbocycles. The lowest BCUT2D eigenvalue weighted by molar-refractivity contribution is -0.118. The first-order chi connectivity index (χ1) is 9.09. The van der Waals surface area contributed by atoms with Gasteiger partial charge in [-0.3, -0.25) is 4.79 Å². The van der Waals surface area contributed by atoms with Crippen molar-refractivity contribution < 1.29 is 4.79 Å². The fourth-order valence-corrected chi connectivity index (χ4v) is 2.65. The van der Waals surface area contributed by atoms with Gasteiger partial charge >= 0.3 is 0 Å². The van der Waals surface area contributed by atoms with E-state index in [1.165, 1.54) is 0 Å². The zero-order valence-electron chi connectivity index (χ0n) is 11.8. The second kappa shape index (κ2) is 8.99. The second-order valence-corrected chi connectivity index (χ2v) is 6.16. The van der Waals surface area contributed by atoms with Crippen LogP contribution in [-0.4, -0.2) is 24.0 Å². The molecule has 1 amide bonds. The first-order valence-electron chi connectivity index (χ1n) is 6.74. The minimum absolute atomic E-state index is 0.0696. The molecular weight excluding hydrogens is 256 g/mol. The SMILES string of the molecule is CC(C)CCSCC(=O)NCC(N)c1ccccc1. The molecule has 4 heteroatoms. The Labute approximate surface area is 120 Å². The molecule has 1 atom stereocenters. The number of thioether (sulfide) groups is 1. The van der Waals surface area contributed by atoms with Crippen LogP contribution < -0.4 is 11.1 Å². The van der Waals surface area contributed by atoms with Crippen LogP contribution in [0.25, 0.3) is 0 Å². The third-order valence-electron chi connectivity index (χ3n) is 2.82. The summed E-state index contributed by atoms with van der Waals surface area (Å²) in [6.07, 6.45) is 1.15. The van der Waals surface area contributed by atoms with E-state index >= 15 is 0 Å². The standard InChI is InChI=1S/C15H24N2OS/c1-12(2)8-9-19-11-15(18)17-10-14(16)13-6-4-3-5-7-13/h3-7,12,14H,8-11,16H2,1-2H3,(H,17,18). The lowest BCUT2D eigenvalue weighted by atomic mass is 10.1. The van der Waals surface area contributed by atoms with Gasteiger partial charge in [-0.25, -0.2) is 0 Å². The van der Waals surface area contributed by atoms with Crippen molar-refractivity contribution in [3.8, 4) is 0 Å². The Morgan fingerprint density at radius 2 is 2.00 bits per heavy atom. The number of hydrogen-bond donors (Lipinski definition) is 2. The van der Waals surface area contributed by atoms with Gasteiger partial charge in [0, 0.05) is 12.6 Å². The van der Waals surface area contributed by atoms with Gasteiger partial charge in [-0.05, 0) is 23.7 Å². The summed E-state index contributed by atoms with van der Waals surface area (Å²) in [5.41, 5.74) is 7.07. The first kappa shape index (κ1) is 16.1. The largest absolute Gasteiger partial charge is 0.353 e. The maximum Gasteiger partial charge on any atom is 0.230 e. The Morgan fingerprint density at radius 1 is 1.32 bits per heavy atom. The van der Waals surface area contributed by atoms with E-state index in [4.69, 9.17) is 5.73 Å². The topological polar surface area (TPSA) is 55.1 Å². The molecule has 19 heavy (non-hydrogen) atoms. The number of benzene rings is 1. The molecule has 0 aliphatic carbocycles. The number of carbonyl (C=O) groups excluding carboxylic acids is 1. The van der Waals surface area contributed by atoms with E-state index in [0.29, 0.717) is 18.2 Å². The Balaban J connectivity index is 2.16. The number of nitrogens with one attached hydrogen (secondary N) is 1. The lowest BCUT2D eigenvalue weighted by Gasteiger charge is -2.13.